The van der Waals surface area contributed by atoms with E-state index in [-0.39, 0.29) is 10.5 Å². The number of fused-ring (bicyclic) bond motifs is 1. The molecule has 164 valence electrons. The summed E-state index contributed by atoms with van der Waals surface area (Å²) in [5, 5.41) is 0.681. The Morgan fingerprint density at radius 3 is 2.59 bits per heavy atom. The molecule has 0 aliphatic carbocycles. The van der Waals surface area contributed by atoms with Crippen LogP contribution < -0.4 is 4.72 Å². The summed E-state index contributed by atoms with van der Waals surface area (Å²) in [5.74, 6) is -0.593. The Kier molecular flexibility index (Phi) is 6.36. The van der Waals surface area contributed by atoms with Crippen LogP contribution in [-0.2, 0) is 21.2 Å². The standard InChI is InChI=1S/C24H22N2O4S2/c1-16-7-5-8-17(13-16)14-21(23-25-20-11-3-4-12-22(20)31-23)26-32(28,29)19-10-6-9-18(15-19)24(27)30-2/h3-13,15,21,26H,14H2,1-2H3. The van der Waals surface area contributed by atoms with Crippen molar-refractivity contribution in [3.05, 3.63) is 94.5 Å². The van der Waals surface area contributed by atoms with E-state index in [4.69, 9.17) is 4.74 Å². The monoisotopic (exact) mass is 466 g/mol. The van der Waals surface area contributed by atoms with E-state index in [0.717, 1.165) is 21.3 Å². The van der Waals surface area contributed by atoms with E-state index >= 15 is 0 Å². The number of carbonyl (C=O) groups excluding carboxylic acids is 1. The van der Waals surface area contributed by atoms with E-state index < -0.39 is 22.0 Å². The maximum absolute atomic E-state index is 13.3. The van der Waals surface area contributed by atoms with E-state index in [1.807, 2.05) is 55.5 Å². The average Bonchev–Trinajstić information content (AvgIpc) is 3.22. The SMILES string of the molecule is COC(=O)c1cccc(S(=O)(=O)NC(Cc2cccc(C)c2)c2nc3ccccc3s2)c1. The van der Waals surface area contributed by atoms with Crippen molar-refractivity contribution in [3.63, 3.8) is 0 Å². The number of nitrogens with zero attached hydrogens (tertiary/aromatic N) is 1. The van der Waals surface area contributed by atoms with Crippen LogP contribution in [0.3, 0.4) is 0 Å². The van der Waals surface area contributed by atoms with Gasteiger partial charge >= 0.3 is 5.97 Å². The van der Waals surface area contributed by atoms with Crippen LogP contribution in [0, 0.1) is 6.92 Å². The quantitative estimate of drug-likeness (QED) is 0.401. The molecule has 6 nitrogen and oxygen atoms in total. The highest BCUT2D eigenvalue weighted by Gasteiger charge is 2.25. The van der Waals surface area contributed by atoms with Gasteiger partial charge in [-0.1, -0.05) is 48.0 Å². The fourth-order valence-corrected chi connectivity index (χ4v) is 5.80. The largest absolute Gasteiger partial charge is 0.465 e. The van der Waals surface area contributed by atoms with Gasteiger partial charge in [-0.2, -0.15) is 0 Å². The highest BCUT2D eigenvalue weighted by Crippen LogP contribution is 2.30. The van der Waals surface area contributed by atoms with Gasteiger partial charge in [0.15, 0.2) is 0 Å². The smallest absolute Gasteiger partial charge is 0.337 e. The molecule has 3 aromatic carbocycles. The summed E-state index contributed by atoms with van der Waals surface area (Å²) in [6, 6.07) is 20.9. The minimum Gasteiger partial charge on any atom is -0.465 e. The molecule has 0 bridgehead atoms. The van der Waals surface area contributed by atoms with Gasteiger partial charge in [-0.3, -0.25) is 0 Å². The van der Waals surface area contributed by atoms with Gasteiger partial charge in [0.1, 0.15) is 5.01 Å². The number of carbonyl (C=O) groups is 1. The molecule has 0 spiro atoms. The summed E-state index contributed by atoms with van der Waals surface area (Å²) in [6.45, 7) is 2.00. The zero-order valence-electron chi connectivity index (χ0n) is 17.6. The predicted molar refractivity (Wildman–Crippen MR) is 125 cm³/mol. The number of para-hydroxylation sites is 1. The Morgan fingerprint density at radius 1 is 1.06 bits per heavy atom. The summed E-state index contributed by atoms with van der Waals surface area (Å²) in [6.07, 6.45) is 0.442. The Labute approximate surface area is 190 Å². The van der Waals surface area contributed by atoms with E-state index in [9.17, 15) is 13.2 Å². The zero-order valence-corrected chi connectivity index (χ0v) is 19.2. The maximum atomic E-state index is 13.3. The summed E-state index contributed by atoms with van der Waals surface area (Å²) >= 11 is 1.46. The molecule has 0 radical (unpaired) electrons. The Morgan fingerprint density at radius 2 is 1.84 bits per heavy atom. The minimum absolute atomic E-state index is 0.00393. The maximum Gasteiger partial charge on any atom is 0.337 e. The fraction of sp³-hybridized carbons (Fsp3) is 0.167. The molecule has 0 aliphatic rings. The fourth-order valence-electron chi connectivity index (χ4n) is 3.46. The van der Waals surface area contributed by atoms with E-state index in [1.165, 1.54) is 42.7 Å². The van der Waals surface area contributed by atoms with Crippen LogP contribution in [0.1, 0.15) is 32.5 Å². The van der Waals surface area contributed by atoms with Crippen molar-refractivity contribution in [1.82, 2.24) is 9.71 Å². The number of sulfonamides is 1. The van der Waals surface area contributed by atoms with Crippen molar-refractivity contribution in [1.29, 1.82) is 0 Å². The van der Waals surface area contributed by atoms with Crippen molar-refractivity contribution in [3.8, 4) is 0 Å². The van der Waals surface area contributed by atoms with Crippen LogP contribution >= 0.6 is 11.3 Å². The second-order valence-corrected chi connectivity index (χ2v) is 10.2. The van der Waals surface area contributed by atoms with Gasteiger partial charge in [0, 0.05) is 0 Å². The van der Waals surface area contributed by atoms with Gasteiger partial charge in [0.25, 0.3) is 0 Å². The molecule has 1 aromatic heterocycles. The van der Waals surface area contributed by atoms with Crippen molar-refractivity contribution in [2.24, 2.45) is 0 Å². The molecule has 0 saturated heterocycles. The van der Waals surface area contributed by atoms with Gasteiger partial charge < -0.3 is 4.74 Å². The first-order chi connectivity index (χ1) is 15.4. The highest BCUT2D eigenvalue weighted by atomic mass is 32.2. The molecule has 0 amide bonds. The van der Waals surface area contributed by atoms with Crippen molar-refractivity contribution >= 4 is 37.5 Å². The van der Waals surface area contributed by atoms with E-state index in [2.05, 4.69) is 9.71 Å². The second-order valence-electron chi connectivity index (χ2n) is 7.41. The lowest BCUT2D eigenvalue weighted by Gasteiger charge is -2.17. The van der Waals surface area contributed by atoms with Crippen LogP contribution in [0.25, 0.3) is 10.2 Å². The third kappa shape index (κ3) is 4.88. The lowest BCUT2D eigenvalue weighted by Crippen LogP contribution is -2.30. The molecular formula is C24H22N2O4S2. The van der Waals surface area contributed by atoms with Gasteiger partial charge in [0.2, 0.25) is 10.0 Å². The number of ether oxygens (including phenoxy) is 1. The lowest BCUT2D eigenvalue weighted by molar-refractivity contribution is 0.0600. The number of hydrogen-bond acceptors (Lipinski definition) is 6. The van der Waals surface area contributed by atoms with E-state index in [1.54, 1.807) is 0 Å². The third-order valence-electron chi connectivity index (χ3n) is 4.99. The number of aromatic nitrogens is 1. The molecular weight excluding hydrogens is 444 g/mol. The first-order valence-electron chi connectivity index (χ1n) is 9.97. The Hall–Kier alpha value is -3.07. The van der Waals surface area contributed by atoms with Crippen LogP contribution in [-0.4, -0.2) is 26.5 Å². The van der Waals surface area contributed by atoms with E-state index in [0.29, 0.717) is 11.4 Å². The number of thiazole rings is 1. The van der Waals surface area contributed by atoms with Gasteiger partial charge in [-0.15, -0.1) is 11.3 Å². The van der Waals surface area contributed by atoms with Gasteiger partial charge in [0.05, 0.1) is 33.8 Å². The number of benzene rings is 3. The number of rotatable bonds is 7. The third-order valence-corrected chi connectivity index (χ3v) is 7.61. The van der Waals surface area contributed by atoms with Crippen molar-refractivity contribution in [2.45, 2.75) is 24.3 Å². The number of aryl methyl sites for hydroxylation is 1. The van der Waals surface area contributed by atoms with Crippen molar-refractivity contribution < 1.29 is 17.9 Å². The molecule has 1 atom stereocenters. The average molecular weight is 467 g/mol. The lowest BCUT2D eigenvalue weighted by atomic mass is 10.0. The van der Waals surface area contributed by atoms with Crippen LogP contribution in [0.4, 0.5) is 0 Å². The molecule has 8 heteroatoms. The topological polar surface area (TPSA) is 85.4 Å². The number of nitrogens with one attached hydrogen (secondary N) is 1. The molecule has 1 N–H and O–H groups in total. The van der Waals surface area contributed by atoms with Crippen LogP contribution in [0.5, 0.6) is 0 Å². The molecule has 4 aromatic rings. The molecule has 1 unspecified atom stereocenters. The second kappa shape index (κ2) is 9.20. The molecule has 1 heterocycles. The first kappa shape index (κ1) is 22.1. The summed E-state index contributed by atoms with van der Waals surface area (Å²) in [5.41, 5.74) is 3.10. The summed E-state index contributed by atoms with van der Waals surface area (Å²) in [7, 11) is -2.67. The molecule has 32 heavy (non-hydrogen) atoms. The number of hydrogen-bond donors (Lipinski definition) is 1. The Balaban J connectivity index is 1.71. The number of methoxy groups -OCH3 is 1. The van der Waals surface area contributed by atoms with Gasteiger partial charge in [-0.05, 0) is 49.2 Å². The molecule has 0 aliphatic heterocycles. The molecule has 4 rings (SSSR count). The zero-order chi connectivity index (χ0) is 22.7. The van der Waals surface area contributed by atoms with Crippen LogP contribution in [0.2, 0.25) is 0 Å². The molecule has 0 saturated carbocycles. The Bertz CT molecular complexity index is 1350. The molecule has 0 fully saturated rings. The van der Waals surface area contributed by atoms with Crippen molar-refractivity contribution in [2.75, 3.05) is 7.11 Å². The summed E-state index contributed by atoms with van der Waals surface area (Å²) < 4.78 is 35.0. The van der Waals surface area contributed by atoms with Crippen LogP contribution in [0.15, 0.2) is 77.7 Å². The normalized spacial score (nSPS) is 12.6. The highest BCUT2D eigenvalue weighted by molar-refractivity contribution is 7.89. The minimum atomic E-state index is -3.93. The first-order valence-corrected chi connectivity index (χ1v) is 12.3. The number of esters is 1. The predicted octanol–water partition coefficient (Wildman–Crippen LogP) is 4.65. The summed E-state index contributed by atoms with van der Waals surface area (Å²) in [4.78, 5) is 16.5. The van der Waals surface area contributed by atoms with Gasteiger partial charge in [-0.25, -0.2) is 22.9 Å².